The van der Waals surface area contributed by atoms with Crippen molar-refractivity contribution in [3.8, 4) is 0 Å². The van der Waals surface area contributed by atoms with Gasteiger partial charge in [0, 0.05) is 15.4 Å². The SMILES string of the molecule is O=S(=O)(N[C@H]1CCSc2ccc(F)cc21)c1ccccc1Br. The first-order valence-electron chi connectivity index (χ1n) is 6.66. The minimum absolute atomic E-state index is 0.186. The van der Waals surface area contributed by atoms with E-state index in [-0.39, 0.29) is 10.7 Å². The highest BCUT2D eigenvalue weighted by Gasteiger charge is 2.27. The lowest BCUT2D eigenvalue weighted by molar-refractivity contribution is 0.541. The van der Waals surface area contributed by atoms with Crippen LogP contribution in [0.1, 0.15) is 18.0 Å². The van der Waals surface area contributed by atoms with Crippen LogP contribution >= 0.6 is 27.7 Å². The molecule has 0 saturated carbocycles. The van der Waals surface area contributed by atoms with Crippen molar-refractivity contribution in [2.24, 2.45) is 0 Å². The number of thioether (sulfide) groups is 1. The van der Waals surface area contributed by atoms with E-state index in [1.807, 2.05) is 0 Å². The summed E-state index contributed by atoms with van der Waals surface area (Å²) >= 11 is 4.87. The molecule has 1 atom stereocenters. The van der Waals surface area contributed by atoms with Crippen LogP contribution in [0.2, 0.25) is 0 Å². The van der Waals surface area contributed by atoms with Crippen molar-refractivity contribution >= 4 is 37.7 Å². The molecule has 1 heterocycles. The molecule has 0 aromatic heterocycles. The molecular formula is C15H13BrFNO2S2. The normalized spacial score (nSPS) is 18.0. The summed E-state index contributed by atoms with van der Waals surface area (Å²) in [5, 5.41) is 0. The molecule has 7 heteroatoms. The van der Waals surface area contributed by atoms with Gasteiger partial charge in [0.15, 0.2) is 0 Å². The standard InChI is InChI=1S/C15H13BrFNO2S2/c16-12-3-1-2-4-15(12)22(19,20)18-13-7-8-21-14-6-5-10(17)9-11(13)14/h1-6,9,13,18H,7-8H2/t13-/m0/s1. The van der Waals surface area contributed by atoms with Crippen LogP contribution in [-0.2, 0) is 10.0 Å². The molecule has 3 rings (SSSR count). The predicted molar refractivity (Wildman–Crippen MR) is 88.9 cm³/mol. The average molecular weight is 402 g/mol. The van der Waals surface area contributed by atoms with Crippen LogP contribution in [0.3, 0.4) is 0 Å². The fraction of sp³-hybridized carbons (Fsp3) is 0.200. The van der Waals surface area contributed by atoms with Crippen molar-refractivity contribution < 1.29 is 12.8 Å². The largest absolute Gasteiger partial charge is 0.242 e. The smallest absolute Gasteiger partial charge is 0.207 e. The molecule has 2 aromatic rings. The highest BCUT2D eigenvalue weighted by Crippen LogP contribution is 2.37. The fourth-order valence-corrected chi connectivity index (χ4v) is 5.76. The molecule has 0 unspecified atom stereocenters. The van der Waals surface area contributed by atoms with E-state index in [9.17, 15) is 12.8 Å². The third kappa shape index (κ3) is 3.22. The van der Waals surface area contributed by atoms with Crippen LogP contribution in [0.25, 0.3) is 0 Å². The summed E-state index contributed by atoms with van der Waals surface area (Å²) in [5.41, 5.74) is 0.701. The molecule has 0 amide bonds. The summed E-state index contributed by atoms with van der Waals surface area (Å²) in [6, 6.07) is 10.7. The van der Waals surface area contributed by atoms with Gasteiger partial charge < -0.3 is 0 Å². The van der Waals surface area contributed by atoms with Gasteiger partial charge in [-0.2, -0.15) is 0 Å². The maximum absolute atomic E-state index is 13.5. The summed E-state index contributed by atoms with van der Waals surface area (Å²) in [7, 11) is -3.67. The molecule has 116 valence electrons. The van der Waals surface area contributed by atoms with Gasteiger partial charge in [-0.25, -0.2) is 17.5 Å². The molecule has 0 bridgehead atoms. The predicted octanol–water partition coefficient (Wildman–Crippen LogP) is 4.10. The summed E-state index contributed by atoms with van der Waals surface area (Å²) < 4.78 is 41.8. The number of benzene rings is 2. The number of nitrogens with one attached hydrogen (secondary N) is 1. The Morgan fingerprint density at radius 3 is 2.77 bits per heavy atom. The third-order valence-corrected chi connectivity index (χ3v) is 7.04. The molecule has 22 heavy (non-hydrogen) atoms. The Labute approximate surface area is 141 Å². The number of fused-ring (bicyclic) bond motifs is 1. The maximum atomic E-state index is 13.5. The van der Waals surface area contributed by atoms with Crippen molar-refractivity contribution in [1.29, 1.82) is 0 Å². The highest BCUT2D eigenvalue weighted by molar-refractivity contribution is 9.10. The van der Waals surface area contributed by atoms with E-state index in [4.69, 9.17) is 0 Å². The Morgan fingerprint density at radius 1 is 1.23 bits per heavy atom. The van der Waals surface area contributed by atoms with Crippen molar-refractivity contribution in [1.82, 2.24) is 4.72 Å². The van der Waals surface area contributed by atoms with Crippen molar-refractivity contribution in [3.05, 3.63) is 58.3 Å². The minimum Gasteiger partial charge on any atom is -0.207 e. The van der Waals surface area contributed by atoms with E-state index >= 15 is 0 Å². The van der Waals surface area contributed by atoms with Crippen molar-refractivity contribution in [2.45, 2.75) is 22.3 Å². The Morgan fingerprint density at radius 2 is 2.00 bits per heavy atom. The van der Waals surface area contributed by atoms with Gasteiger partial charge in [-0.15, -0.1) is 11.8 Å². The Kier molecular flexibility index (Phi) is 4.59. The summed E-state index contributed by atoms with van der Waals surface area (Å²) in [6.07, 6.45) is 0.630. The average Bonchev–Trinajstić information content (AvgIpc) is 2.48. The summed E-state index contributed by atoms with van der Waals surface area (Å²) in [4.78, 5) is 1.11. The van der Waals surface area contributed by atoms with Crippen molar-refractivity contribution in [2.75, 3.05) is 5.75 Å². The number of sulfonamides is 1. The van der Waals surface area contributed by atoms with Gasteiger partial charge in [0.25, 0.3) is 0 Å². The second-order valence-electron chi connectivity index (χ2n) is 4.92. The maximum Gasteiger partial charge on any atom is 0.242 e. The van der Waals surface area contributed by atoms with E-state index in [0.717, 1.165) is 10.6 Å². The van der Waals surface area contributed by atoms with Crippen LogP contribution in [0.5, 0.6) is 0 Å². The first-order chi connectivity index (χ1) is 10.5. The van der Waals surface area contributed by atoms with E-state index in [1.165, 1.54) is 18.2 Å². The topological polar surface area (TPSA) is 46.2 Å². The Bertz CT molecular complexity index is 811. The lowest BCUT2D eigenvalue weighted by Gasteiger charge is -2.26. The molecule has 0 aliphatic carbocycles. The second-order valence-corrected chi connectivity index (χ2v) is 8.60. The number of rotatable bonds is 3. The van der Waals surface area contributed by atoms with Gasteiger partial charge in [-0.1, -0.05) is 12.1 Å². The molecule has 0 spiro atoms. The second kappa shape index (κ2) is 6.31. The van der Waals surface area contributed by atoms with Crippen molar-refractivity contribution in [3.63, 3.8) is 0 Å². The molecule has 0 radical (unpaired) electrons. The van der Waals surface area contributed by atoms with Gasteiger partial charge in [0.05, 0.1) is 4.90 Å². The van der Waals surface area contributed by atoms with E-state index < -0.39 is 16.1 Å². The monoisotopic (exact) mass is 401 g/mol. The quantitative estimate of drug-likeness (QED) is 0.841. The highest BCUT2D eigenvalue weighted by atomic mass is 79.9. The fourth-order valence-electron chi connectivity index (χ4n) is 2.40. The molecule has 1 N–H and O–H groups in total. The first kappa shape index (κ1) is 16.0. The van der Waals surface area contributed by atoms with Crippen LogP contribution < -0.4 is 4.72 Å². The molecule has 3 nitrogen and oxygen atoms in total. The lowest BCUT2D eigenvalue weighted by atomic mass is 10.0. The van der Waals surface area contributed by atoms with E-state index in [0.29, 0.717) is 16.5 Å². The zero-order valence-corrected chi connectivity index (χ0v) is 14.6. The van der Waals surface area contributed by atoms with Crippen LogP contribution in [0.4, 0.5) is 4.39 Å². The van der Waals surface area contributed by atoms with E-state index in [1.54, 1.807) is 36.0 Å². The van der Waals surface area contributed by atoms with Gasteiger partial charge >= 0.3 is 0 Å². The third-order valence-electron chi connectivity index (χ3n) is 3.43. The molecule has 0 fully saturated rings. The number of hydrogen-bond donors (Lipinski definition) is 1. The Hall–Kier alpha value is -0.890. The van der Waals surface area contributed by atoms with Crippen LogP contribution in [-0.4, -0.2) is 14.2 Å². The molecule has 1 aliphatic rings. The molecule has 0 saturated heterocycles. The molecule has 2 aromatic carbocycles. The summed E-state index contributed by atoms with van der Waals surface area (Å²) in [5.74, 6) is 0.438. The van der Waals surface area contributed by atoms with Gasteiger partial charge in [-0.05, 0) is 64.0 Å². The number of halogens is 2. The summed E-state index contributed by atoms with van der Waals surface area (Å²) in [6.45, 7) is 0. The zero-order valence-electron chi connectivity index (χ0n) is 11.4. The Balaban J connectivity index is 1.95. The zero-order chi connectivity index (χ0) is 15.7. The van der Waals surface area contributed by atoms with Gasteiger partial charge in [0.1, 0.15) is 5.82 Å². The number of hydrogen-bond acceptors (Lipinski definition) is 3. The van der Waals surface area contributed by atoms with Gasteiger partial charge in [0.2, 0.25) is 10.0 Å². The van der Waals surface area contributed by atoms with Gasteiger partial charge in [-0.3, -0.25) is 0 Å². The minimum atomic E-state index is -3.67. The molecular weight excluding hydrogens is 389 g/mol. The molecule has 1 aliphatic heterocycles. The van der Waals surface area contributed by atoms with Crippen LogP contribution in [0, 0.1) is 5.82 Å². The van der Waals surface area contributed by atoms with Crippen LogP contribution in [0.15, 0.2) is 56.7 Å². The first-order valence-corrected chi connectivity index (χ1v) is 9.93. The van der Waals surface area contributed by atoms with E-state index in [2.05, 4.69) is 20.7 Å². The lowest BCUT2D eigenvalue weighted by Crippen LogP contribution is -2.31.